The van der Waals surface area contributed by atoms with Crippen LogP contribution in [0.25, 0.3) is 0 Å². The molecule has 5 nitrogen and oxygen atoms in total. The summed E-state index contributed by atoms with van der Waals surface area (Å²) in [7, 11) is 0. The molecule has 24 heavy (non-hydrogen) atoms. The number of amides is 2. The molecule has 1 saturated heterocycles. The van der Waals surface area contributed by atoms with Crippen LogP contribution < -0.4 is 10.1 Å². The molecular weight excluding hydrogens is 375 g/mol. The normalized spacial score (nSPS) is 15.0. The zero-order chi connectivity index (χ0) is 17.7. The summed E-state index contributed by atoms with van der Waals surface area (Å²) in [6.07, 6.45) is 2.62. The summed E-state index contributed by atoms with van der Waals surface area (Å²) < 4.78 is 5.45. The molecule has 2 rings (SSSR count). The van der Waals surface area contributed by atoms with E-state index in [-0.39, 0.29) is 40.3 Å². The molecule has 1 aliphatic heterocycles. The lowest BCUT2D eigenvalue weighted by atomic mass is 10.1. The number of carbonyl (C=O) groups is 2. The van der Waals surface area contributed by atoms with Gasteiger partial charge in [-0.2, -0.15) is 0 Å². The van der Waals surface area contributed by atoms with Gasteiger partial charge in [-0.05, 0) is 31.1 Å². The van der Waals surface area contributed by atoms with Crippen molar-refractivity contribution in [3.8, 4) is 5.75 Å². The average Bonchev–Trinajstić information content (AvgIpc) is 2.54. The maximum Gasteiger partial charge on any atom is 0.260 e. The maximum atomic E-state index is 12.2. The van der Waals surface area contributed by atoms with Gasteiger partial charge in [0.2, 0.25) is 5.91 Å². The number of rotatable bonds is 5. The highest BCUT2D eigenvalue weighted by molar-refractivity contribution is 6.40. The Morgan fingerprint density at radius 2 is 1.83 bits per heavy atom. The lowest BCUT2D eigenvalue weighted by molar-refractivity contribution is -0.134. The Kier molecular flexibility index (Phi) is 6.78. The molecule has 1 aliphatic rings. The summed E-state index contributed by atoms with van der Waals surface area (Å²) in [5, 5.41) is 3.74. The smallest absolute Gasteiger partial charge is 0.260 e. The Morgan fingerprint density at radius 1 is 1.25 bits per heavy atom. The topological polar surface area (TPSA) is 58.6 Å². The average molecular weight is 392 g/mol. The minimum Gasteiger partial charge on any atom is -0.481 e. The highest BCUT2D eigenvalue weighted by Crippen LogP contribution is 2.35. The van der Waals surface area contributed by atoms with Crippen molar-refractivity contribution in [2.24, 2.45) is 0 Å². The second kappa shape index (κ2) is 8.60. The number of nitrogens with zero attached hydrogens (tertiary/aromatic N) is 1. The van der Waals surface area contributed by atoms with Gasteiger partial charge in [0.15, 0.2) is 12.4 Å². The lowest BCUT2D eigenvalue weighted by Gasteiger charge is -2.32. The van der Waals surface area contributed by atoms with E-state index in [9.17, 15) is 9.59 Å². The Bertz CT molecular complexity index is 620. The summed E-state index contributed by atoms with van der Waals surface area (Å²) in [5.74, 6) is -0.120. The summed E-state index contributed by atoms with van der Waals surface area (Å²) >= 11 is 17.9. The van der Waals surface area contributed by atoms with Crippen LogP contribution in [0.3, 0.4) is 0 Å². The van der Waals surface area contributed by atoms with E-state index in [0.717, 1.165) is 0 Å². The van der Waals surface area contributed by atoms with Gasteiger partial charge in [-0.25, -0.2) is 0 Å². The van der Waals surface area contributed by atoms with Crippen molar-refractivity contribution in [1.29, 1.82) is 0 Å². The predicted octanol–water partition coefficient (Wildman–Crippen LogP) is 3.32. The highest BCUT2D eigenvalue weighted by atomic mass is 35.5. The first-order valence-electron chi connectivity index (χ1n) is 7.38. The first-order chi connectivity index (χ1) is 11.4. The molecule has 1 fully saturated rings. The van der Waals surface area contributed by atoms with Crippen molar-refractivity contribution in [1.82, 2.24) is 10.2 Å². The Balaban J connectivity index is 1.84. The molecule has 0 aromatic heterocycles. The van der Waals surface area contributed by atoms with Crippen molar-refractivity contribution < 1.29 is 14.3 Å². The molecule has 0 bridgehead atoms. The zero-order valence-corrected chi connectivity index (χ0v) is 15.1. The van der Waals surface area contributed by atoms with E-state index in [1.807, 2.05) is 0 Å². The molecule has 0 aliphatic carbocycles. The molecule has 0 atom stereocenters. The van der Waals surface area contributed by atoms with Crippen LogP contribution in [0.5, 0.6) is 5.75 Å². The monoisotopic (exact) mass is 390 g/mol. The van der Waals surface area contributed by atoms with E-state index < -0.39 is 0 Å². The molecule has 0 spiro atoms. The number of likely N-dealkylation sites (tertiary alicyclic amines) is 1. The second-order valence-electron chi connectivity index (χ2n) is 5.36. The fourth-order valence-corrected chi connectivity index (χ4v) is 3.35. The number of piperidine rings is 1. The van der Waals surface area contributed by atoms with Crippen LogP contribution in [-0.2, 0) is 9.59 Å². The van der Waals surface area contributed by atoms with Crippen LogP contribution in [0, 0.1) is 0 Å². The molecule has 1 aromatic rings. The van der Waals surface area contributed by atoms with Gasteiger partial charge in [0.25, 0.3) is 5.91 Å². The van der Waals surface area contributed by atoms with Gasteiger partial charge >= 0.3 is 0 Å². The first-order valence-corrected chi connectivity index (χ1v) is 8.52. The third kappa shape index (κ3) is 5.03. The fraction of sp³-hybridized carbons (Fsp3) is 0.375. The predicted molar refractivity (Wildman–Crippen MR) is 94.9 cm³/mol. The number of halogens is 3. The highest BCUT2D eigenvalue weighted by Gasteiger charge is 2.24. The van der Waals surface area contributed by atoms with Crippen molar-refractivity contribution >= 4 is 46.6 Å². The first kappa shape index (κ1) is 18.9. The van der Waals surface area contributed by atoms with Crippen LogP contribution in [0.15, 0.2) is 24.8 Å². The second-order valence-corrected chi connectivity index (χ2v) is 6.61. The SMILES string of the molecule is C=CC(=O)NC1CCN(C(=O)COc2c(Cl)cc(Cl)cc2Cl)CC1. The zero-order valence-electron chi connectivity index (χ0n) is 12.9. The van der Waals surface area contributed by atoms with Gasteiger partial charge < -0.3 is 15.0 Å². The number of carbonyl (C=O) groups excluding carboxylic acids is 2. The van der Waals surface area contributed by atoms with Crippen LogP contribution >= 0.6 is 34.8 Å². The number of hydrogen-bond donors (Lipinski definition) is 1. The van der Waals surface area contributed by atoms with E-state index >= 15 is 0 Å². The van der Waals surface area contributed by atoms with Gasteiger partial charge in [0.1, 0.15) is 0 Å². The fourth-order valence-electron chi connectivity index (χ4n) is 2.43. The molecular formula is C16H17Cl3N2O3. The van der Waals surface area contributed by atoms with Gasteiger partial charge in [-0.15, -0.1) is 0 Å². The number of benzene rings is 1. The number of hydrogen-bond acceptors (Lipinski definition) is 3. The summed E-state index contributed by atoms with van der Waals surface area (Å²) in [5.41, 5.74) is 0. The van der Waals surface area contributed by atoms with E-state index in [0.29, 0.717) is 31.0 Å². The largest absolute Gasteiger partial charge is 0.481 e. The number of nitrogens with one attached hydrogen (secondary N) is 1. The summed E-state index contributed by atoms with van der Waals surface area (Å²) in [4.78, 5) is 25.2. The Morgan fingerprint density at radius 3 is 2.38 bits per heavy atom. The van der Waals surface area contributed by atoms with E-state index in [2.05, 4.69) is 11.9 Å². The molecule has 1 heterocycles. The molecule has 0 radical (unpaired) electrons. The van der Waals surface area contributed by atoms with Crippen molar-refractivity contribution in [2.75, 3.05) is 19.7 Å². The summed E-state index contributed by atoms with van der Waals surface area (Å²) in [6, 6.07) is 3.06. The van der Waals surface area contributed by atoms with Crippen LogP contribution in [0.1, 0.15) is 12.8 Å². The molecule has 2 amide bonds. The molecule has 1 N–H and O–H groups in total. The molecule has 0 saturated carbocycles. The van der Waals surface area contributed by atoms with E-state index in [1.54, 1.807) is 4.90 Å². The van der Waals surface area contributed by atoms with Crippen molar-refractivity contribution in [3.05, 3.63) is 39.9 Å². The van der Waals surface area contributed by atoms with E-state index in [4.69, 9.17) is 39.5 Å². The number of ether oxygens (including phenoxy) is 1. The van der Waals surface area contributed by atoms with Crippen LogP contribution in [0.4, 0.5) is 0 Å². The quantitative estimate of drug-likeness (QED) is 0.783. The minimum atomic E-state index is -0.199. The Hall–Kier alpha value is -1.43. The van der Waals surface area contributed by atoms with Gasteiger partial charge in [-0.3, -0.25) is 9.59 Å². The van der Waals surface area contributed by atoms with Gasteiger partial charge in [0, 0.05) is 24.2 Å². The minimum absolute atomic E-state index is 0.0561. The van der Waals surface area contributed by atoms with E-state index in [1.165, 1.54) is 18.2 Å². The van der Waals surface area contributed by atoms with Crippen molar-refractivity contribution in [2.45, 2.75) is 18.9 Å². The molecule has 8 heteroatoms. The van der Waals surface area contributed by atoms with Crippen LogP contribution in [-0.4, -0.2) is 42.5 Å². The molecule has 0 unspecified atom stereocenters. The molecule has 130 valence electrons. The summed E-state index contributed by atoms with van der Waals surface area (Å²) in [6.45, 7) is 4.35. The van der Waals surface area contributed by atoms with Gasteiger partial charge in [0.05, 0.1) is 10.0 Å². The molecule has 1 aromatic carbocycles. The standard InChI is InChI=1S/C16H17Cl3N2O3/c1-2-14(22)20-11-3-5-21(6-4-11)15(23)9-24-16-12(18)7-10(17)8-13(16)19/h2,7-8,11H,1,3-6,9H2,(H,20,22). The van der Waals surface area contributed by atoms with Gasteiger partial charge in [-0.1, -0.05) is 41.4 Å². The van der Waals surface area contributed by atoms with Crippen LogP contribution in [0.2, 0.25) is 15.1 Å². The third-order valence-electron chi connectivity index (χ3n) is 3.68. The maximum absolute atomic E-state index is 12.2. The Labute approximate surface area is 155 Å². The van der Waals surface area contributed by atoms with Crippen molar-refractivity contribution in [3.63, 3.8) is 0 Å². The lowest BCUT2D eigenvalue weighted by Crippen LogP contribution is -2.47. The third-order valence-corrected chi connectivity index (χ3v) is 4.46.